The lowest BCUT2D eigenvalue weighted by Crippen LogP contribution is -2.73. The average molecular weight is 562 g/mol. The third-order valence-corrected chi connectivity index (χ3v) is 7.93. The zero-order chi connectivity index (χ0) is 25.1. The molecule has 10 nitrogen and oxygen atoms in total. The summed E-state index contributed by atoms with van der Waals surface area (Å²) in [6.45, 7) is -0.164. The van der Waals surface area contributed by atoms with Crippen LogP contribution in [-0.2, 0) is 42.9 Å². The Bertz CT molecular complexity index is 1230. The number of nitrogens with zero attached hydrogens (tertiary/aromatic N) is 2. The number of non-ortho nitro benzene ring substituents is 1. The summed E-state index contributed by atoms with van der Waals surface area (Å²) < 4.78 is 18.2. The lowest BCUT2D eigenvalue weighted by molar-refractivity contribution is -0.384. The van der Waals surface area contributed by atoms with E-state index in [0.717, 1.165) is 10.5 Å². The standard InChI is InChI=1S/C23H20BrN3O7S/c24-11-16-13-35(33)22-19(25-18(28)10-14-4-2-1-3-5-14)21(29)26(22)20(16)23(30)34-12-15-6-8-17(9-7-15)27(31)32/h1-9,19,22H,10-13H2,(H,25,28)/t19?,22-,35?/m0/s1. The molecule has 4 rings (SSSR count). The molecule has 12 heteroatoms. The molecule has 0 saturated carbocycles. The van der Waals surface area contributed by atoms with Crippen LogP contribution in [0.15, 0.2) is 65.9 Å². The van der Waals surface area contributed by atoms with Gasteiger partial charge in [0, 0.05) is 17.5 Å². The normalized spacial score (nSPS) is 21.1. The summed E-state index contributed by atoms with van der Waals surface area (Å²) in [6.07, 6.45) is 0.0661. The fourth-order valence-corrected chi connectivity index (χ4v) is 6.29. The van der Waals surface area contributed by atoms with E-state index in [0.29, 0.717) is 11.1 Å². The molecule has 35 heavy (non-hydrogen) atoms. The quantitative estimate of drug-likeness (QED) is 0.171. The van der Waals surface area contributed by atoms with Crippen LogP contribution in [-0.4, -0.2) is 54.3 Å². The smallest absolute Gasteiger partial charge is 0.355 e. The maximum absolute atomic E-state index is 12.9. The van der Waals surface area contributed by atoms with Crippen molar-refractivity contribution in [2.24, 2.45) is 0 Å². The molecule has 0 spiro atoms. The summed E-state index contributed by atoms with van der Waals surface area (Å²) in [5.41, 5.74) is 1.67. The molecule has 2 aliphatic rings. The summed E-state index contributed by atoms with van der Waals surface area (Å²) in [5.74, 6) is -1.65. The number of amides is 2. The summed E-state index contributed by atoms with van der Waals surface area (Å²) in [6, 6.07) is 13.5. The highest BCUT2D eigenvalue weighted by Gasteiger charge is 2.57. The first-order valence-electron chi connectivity index (χ1n) is 10.5. The van der Waals surface area contributed by atoms with E-state index < -0.39 is 39.0 Å². The molecule has 1 saturated heterocycles. The minimum Gasteiger partial charge on any atom is -0.456 e. The number of hydrogen-bond acceptors (Lipinski definition) is 7. The molecule has 1 N–H and O–H groups in total. The molecule has 0 aromatic heterocycles. The summed E-state index contributed by atoms with van der Waals surface area (Å²) in [5, 5.41) is 12.8. The lowest BCUT2D eigenvalue weighted by atomic mass is 10.0. The van der Waals surface area contributed by atoms with Gasteiger partial charge in [0.2, 0.25) is 5.91 Å². The fraction of sp³-hybridized carbons (Fsp3) is 0.261. The number of nitro groups is 1. The van der Waals surface area contributed by atoms with Gasteiger partial charge in [-0.1, -0.05) is 46.3 Å². The van der Waals surface area contributed by atoms with Crippen LogP contribution in [0.4, 0.5) is 5.69 Å². The number of nitrogens with one attached hydrogen (secondary N) is 1. The number of alkyl halides is 1. The molecule has 0 bridgehead atoms. The van der Waals surface area contributed by atoms with Gasteiger partial charge in [-0.3, -0.25) is 28.8 Å². The van der Waals surface area contributed by atoms with Crippen molar-refractivity contribution >= 4 is 50.2 Å². The van der Waals surface area contributed by atoms with Crippen LogP contribution < -0.4 is 5.32 Å². The van der Waals surface area contributed by atoms with Crippen molar-refractivity contribution in [3.05, 3.63) is 87.1 Å². The predicted octanol–water partition coefficient (Wildman–Crippen LogP) is 1.95. The van der Waals surface area contributed by atoms with E-state index in [1.807, 2.05) is 6.07 Å². The average Bonchev–Trinajstić information content (AvgIpc) is 2.86. The van der Waals surface area contributed by atoms with Crippen LogP contribution in [0.2, 0.25) is 0 Å². The van der Waals surface area contributed by atoms with Gasteiger partial charge in [-0.15, -0.1) is 0 Å². The third kappa shape index (κ3) is 5.17. The van der Waals surface area contributed by atoms with E-state index in [-0.39, 0.29) is 41.4 Å². The van der Waals surface area contributed by atoms with E-state index in [4.69, 9.17) is 4.74 Å². The van der Waals surface area contributed by atoms with Crippen molar-refractivity contribution < 1.29 is 28.3 Å². The van der Waals surface area contributed by atoms with Gasteiger partial charge in [0.25, 0.3) is 11.6 Å². The Kier molecular flexibility index (Phi) is 7.41. The van der Waals surface area contributed by atoms with Crippen LogP contribution in [0, 0.1) is 10.1 Å². The molecule has 3 atom stereocenters. The van der Waals surface area contributed by atoms with Crippen molar-refractivity contribution in [1.29, 1.82) is 0 Å². The highest BCUT2D eigenvalue weighted by atomic mass is 79.9. The SMILES string of the molecule is O=C(Cc1ccccc1)NC1C(=O)N2C(C(=O)OCc3ccc([N+](=O)[O-])cc3)=C(CBr)CS(=O)[C@@H]12. The second-order valence-electron chi connectivity index (χ2n) is 7.92. The number of benzene rings is 2. The predicted molar refractivity (Wildman–Crippen MR) is 129 cm³/mol. The highest BCUT2D eigenvalue weighted by Crippen LogP contribution is 2.36. The van der Waals surface area contributed by atoms with Gasteiger partial charge in [0.05, 0.1) is 27.9 Å². The van der Waals surface area contributed by atoms with Gasteiger partial charge in [0.1, 0.15) is 23.7 Å². The van der Waals surface area contributed by atoms with Gasteiger partial charge in [-0.2, -0.15) is 0 Å². The van der Waals surface area contributed by atoms with Crippen LogP contribution in [0.1, 0.15) is 11.1 Å². The second-order valence-corrected chi connectivity index (χ2v) is 10.0. The van der Waals surface area contributed by atoms with Gasteiger partial charge in [-0.05, 0) is 28.8 Å². The van der Waals surface area contributed by atoms with Crippen LogP contribution >= 0.6 is 15.9 Å². The van der Waals surface area contributed by atoms with E-state index in [9.17, 15) is 28.7 Å². The van der Waals surface area contributed by atoms with Crippen molar-refractivity contribution in [3.8, 4) is 0 Å². The molecule has 182 valence electrons. The number of rotatable bonds is 8. The van der Waals surface area contributed by atoms with Gasteiger partial charge < -0.3 is 10.1 Å². The summed E-state index contributed by atoms with van der Waals surface area (Å²) >= 11 is 3.28. The Labute approximate surface area is 211 Å². The molecule has 2 aromatic rings. The van der Waals surface area contributed by atoms with Crippen LogP contribution in [0.5, 0.6) is 0 Å². The molecular formula is C23H20BrN3O7S. The number of nitro benzene ring substituents is 1. The number of halogens is 1. The number of carbonyl (C=O) groups is 3. The Balaban J connectivity index is 1.45. The first-order chi connectivity index (χ1) is 16.8. The van der Waals surface area contributed by atoms with Crippen molar-refractivity contribution in [2.75, 3.05) is 11.1 Å². The Morgan fingerprint density at radius 1 is 1.14 bits per heavy atom. The Morgan fingerprint density at radius 3 is 2.46 bits per heavy atom. The van der Waals surface area contributed by atoms with E-state index in [1.165, 1.54) is 24.3 Å². The van der Waals surface area contributed by atoms with E-state index in [2.05, 4.69) is 21.2 Å². The van der Waals surface area contributed by atoms with Gasteiger partial charge >= 0.3 is 5.97 Å². The lowest BCUT2D eigenvalue weighted by Gasteiger charge is -2.49. The van der Waals surface area contributed by atoms with Crippen molar-refractivity contribution in [2.45, 2.75) is 24.4 Å². The molecule has 2 aromatic carbocycles. The minimum atomic E-state index is -1.53. The van der Waals surface area contributed by atoms with Gasteiger partial charge in [0.15, 0.2) is 0 Å². The largest absolute Gasteiger partial charge is 0.456 e. The molecule has 0 aliphatic carbocycles. The third-order valence-electron chi connectivity index (χ3n) is 5.60. The van der Waals surface area contributed by atoms with Crippen molar-refractivity contribution in [3.63, 3.8) is 0 Å². The number of β-lactam (4-membered cyclic amide) rings is 1. The zero-order valence-electron chi connectivity index (χ0n) is 18.2. The molecule has 2 amide bonds. The molecular weight excluding hydrogens is 542 g/mol. The number of fused-ring (bicyclic) bond motifs is 1. The molecule has 2 heterocycles. The first-order valence-corrected chi connectivity index (χ1v) is 13.0. The first kappa shape index (κ1) is 24.7. The highest BCUT2D eigenvalue weighted by molar-refractivity contribution is 9.09. The van der Waals surface area contributed by atoms with Crippen molar-refractivity contribution in [1.82, 2.24) is 10.2 Å². The zero-order valence-corrected chi connectivity index (χ0v) is 20.6. The second kappa shape index (κ2) is 10.5. The number of ether oxygens (including phenoxy) is 1. The molecule has 1 fully saturated rings. The topological polar surface area (TPSA) is 136 Å². The van der Waals surface area contributed by atoms with Crippen LogP contribution in [0.25, 0.3) is 0 Å². The minimum absolute atomic E-state index is 0.00643. The van der Waals surface area contributed by atoms with Crippen LogP contribution in [0.3, 0.4) is 0 Å². The molecule has 2 aliphatic heterocycles. The monoisotopic (exact) mass is 561 g/mol. The fourth-order valence-electron chi connectivity index (χ4n) is 3.88. The van der Waals surface area contributed by atoms with Gasteiger partial charge in [-0.25, -0.2) is 4.79 Å². The summed E-state index contributed by atoms with van der Waals surface area (Å²) in [4.78, 5) is 49.7. The van der Waals surface area contributed by atoms with E-state index in [1.54, 1.807) is 24.3 Å². The Morgan fingerprint density at radius 2 is 1.83 bits per heavy atom. The number of hydrogen-bond donors (Lipinski definition) is 1. The number of carbonyl (C=O) groups excluding carboxylic acids is 3. The van der Waals surface area contributed by atoms with E-state index >= 15 is 0 Å². The molecule has 0 radical (unpaired) electrons. The number of esters is 1. The molecule has 2 unspecified atom stereocenters. The Hall–Kier alpha value is -3.38. The maximum Gasteiger partial charge on any atom is 0.355 e. The summed E-state index contributed by atoms with van der Waals surface area (Å²) in [7, 11) is -1.53. The maximum atomic E-state index is 12.9.